The Hall–Kier alpha value is -1.64. The van der Waals surface area contributed by atoms with Crippen molar-refractivity contribution >= 4 is 29.9 Å². The number of hydrogen-bond donors (Lipinski definition) is 2. The lowest BCUT2D eigenvalue weighted by Gasteiger charge is -2.27. The highest BCUT2D eigenvalue weighted by Gasteiger charge is 2.19. The van der Waals surface area contributed by atoms with Crippen LogP contribution in [0.25, 0.3) is 0 Å². The standard InChI is InChI=1S/C16H22N6.HI/c1-17-16(18-10-15-21-19-11-22(15)2)20-14-8-7-12-5-3-4-6-13(12)9-14;/h3-6,11,14H,7-10H2,1-2H3,(H2,17,18,20);1H. The Morgan fingerprint density at radius 2 is 2.13 bits per heavy atom. The molecule has 1 heterocycles. The number of fused-ring (bicyclic) bond motifs is 1. The van der Waals surface area contributed by atoms with Gasteiger partial charge in [-0.1, -0.05) is 24.3 Å². The van der Waals surface area contributed by atoms with E-state index in [1.165, 1.54) is 11.1 Å². The van der Waals surface area contributed by atoms with E-state index in [2.05, 4.69) is 50.1 Å². The summed E-state index contributed by atoms with van der Waals surface area (Å²) in [5, 5.41) is 14.8. The zero-order chi connectivity index (χ0) is 15.4. The molecule has 1 aromatic heterocycles. The first-order chi connectivity index (χ1) is 10.8. The zero-order valence-corrected chi connectivity index (χ0v) is 15.8. The van der Waals surface area contributed by atoms with Crippen molar-refractivity contribution < 1.29 is 0 Å². The molecule has 7 heteroatoms. The number of aromatic nitrogens is 3. The van der Waals surface area contributed by atoms with E-state index < -0.39 is 0 Å². The summed E-state index contributed by atoms with van der Waals surface area (Å²) in [7, 11) is 3.73. The molecule has 0 radical (unpaired) electrons. The van der Waals surface area contributed by atoms with Crippen molar-refractivity contribution in [2.24, 2.45) is 12.0 Å². The van der Waals surface area contributed by atoms with Crippen LogP contribution in [0.2, 0.25) is 0 Å². The van der Waals surface area contributed by atoms with Gasteiger partial charge in [0.2, 0.25) is 0 Å². The molecule has 3 rings (SSSR count). The van der Waals surface area contributed by atoms with Gasteiger partial charge < -0.3 is 15.2 Å². The largest absolute Gasteiger partial charge is 0.353 e. The first-order valence-electron chi connectivity index (χ1n) is 7.63. The quantitative estimate of drug-likeness (QED) is 0.445. The minimum absolute atomic E-state index is 0. The molecule has 6 nitrogen and oxygen atoms in total. The van der Waals surface area contributed by atoms with Crippen molar-refractivity contribution in [3.05, 3.63) is 47.5 Å². The van der Waals surface area contributed by atoms with Crippen molar-refractivity contribution in [3.63, 3.8) is 0 Å². The third-order valence-electron chi connectivity index (χ3n) is 4.13. The van der Waals surface area contributed by atoms with Gasteiger partial charge in [-0.05, 0) is 30.4 Å². The molecular weight excluding hydrogens is 403 g/mol. The van der Waals surface area contributed by atoms with Crippen LogP contribution in [0.15, 0.2) is 35.6 Å². The van der Waals surface area contributed by atoms with E-state index in [-0.39, 0.29) is 24.0 Å². The van der Waals surface area contributed by atoms with Crippen molar-refractivity contribution in [1.29, 1.82) is 0 Å². The summed E-state index contributed by atoms with van der Waals surface area (Å²) in [6.45, 7) is 0.611. The zero-order valence-electron chi connectivity index (χ0n) is 13.5. The Morgan fingerprint density at radius 1 is 1.35 bits per heavy atom. The fourth-order valence-corrected chi connectivity index (χ4v) is 2.84. The lowest BCUT2D eigenvalue weighted by molar-refractivity contribution is 0.519. The minimum Gasteiger partial charge on any atom is -0.353 e. The second-order valence-corrected chi connectivity index (χ2v) is 5.64. The summed E-state index contributed by atoms with van der Waals surface area (Å²) in [6, 6.07) is 9.10. The molecule has 1 atom stereocenters. The molecule has 2 N–H and O–H groups in total. The van der Waals surface area contributed by atoms with Gasteiger partial charge in [-0.2, -0.15) is 0 Å². The van der Waals surface area contributed by atoms with Crippen LogP contribution in [-0.4, -0.2) is 33.8 Å². The van der Waals surface area contributed by atoms with E-state index in [0.717, 1.165) is 31.0 Å². The van der Waals surface area contributed by atoms with Crippen LogP contribution < -0.4 is 10.6 Å². The van der Waals surface area contributed by atoms with E-state index in [4.69, 9.17) is 0 Å². The maximum absolute atomic E-state index is 4.30. The first kappa shape index (κ1) is 17.7. The van der Waals surface area contributed by atoms with Crippen LogP contribution >= 0.6 is 24.0 Å². The fourth-order valence-electron chi connectivity index (χ4n) is 2.84. The number of hydrogen-bond acceptors (Lipinski definition) is 3. The maximum Gasteiger partial charge on any atom is 0.191 e. The molecule has 0 amide bonds. The molecule has 0 fully saturated rings. The number of aryl methyl sites for hydroxylation is 2. The molecule has 0 bridgehead atoms. The maximum atomic E-state index is 4.30. The molecule has 2 aromatic rings. The van der Waals surface area contributed by atoms with Crippen molar-refractivity contribution in [3.8, 4) is 0 Å². The highest BCUT2D eigenvalue weighted by Crippen LogP contribution is 2.20. The molecule has 1 aliphatic carbocycles. The van der Waals surface area contributed by atoms with Crippen LogP contribution in [0.3, 0.4) is 0 Å². The molecule has 124 valence electrons. The fraction of sp³-hybridized carbons (Fsp3) is 0.438. The topological polar surface area (TPSA) is 67.1 Å². The lowest BCUT2D eigenvalue weighted by Crippen LogP contribution is -2.45. The van der Waals surface area contributed by atoms with Gasteiger partial charge in [-0.15, -0.1) is 34.2 Å². The minimum atomic E-state index is 0. The van der Waals surface area contributed by atoms with Gasteiger partial charge in [0, 0.05) is 20.1 Å². The van der Waals surface area contributed by atoms with E-state index >= 15 is 0 Å². The van der Waals surface area contributed by atoms with Crippen LogP contribution in [0.5, 0.6) is 0 Å². The highest BCUT2D eigenvalue weighted by molar-refractivity contribution is 14.0. The van der Waals surface area contributed by atoms with Crippen molar-refractivity contribution in [2.75, 3.05) is 7.05 Å². The van der Waals surface area contributed by atoms with Crippen LogP contribution in [0.4, 0.5) is 0 Å². The Morgan fingerprint density at radius 3 is 2.83 bits per heavy atom. The monoisotopic (exact) mass is 426 g/mol. The molecule has 0 aliphatic heterocycles. The number of benzene rings is 1. The molecule has 0 saturated heterocycles. The van der Waals surface area contributed by atoms with Crippen LogP contribution in [0, 0.1) is 0 Å². The molecule has 1 aromatic carbocycles. The average Bonchev–Trinajstić information content (AvgIpc) is 2.96. The van der Waals surface area contributed by atoms with Gasteiger partial charge in [0.25, 0.3) is 0 Å². The Labute approximate surface area is 153 Å². The highest BCUT2D eigenvalue weighted by atomic mass is 127. The van der Waals surface area contributed by atoms with Crippen molar-refractivity contribution in [1.82, 2.24) is 25.4 Å². The van der Waals surface area contributed by atoms with Crippen molar-refractivity contribution in [2.45, 2.75) is 31.8 Å². The van der Waals surface area contributed by atoms with Gasteiger partial charge in [0.1, 0.15) is 6.33 Å². The number of nitrogens with zero attached hydrogens (tertiary/aromatic N) is 4. The summed E-state index contributed by atoms with van der Waals surface area (Å²) in [4.78, 5) is 4.30. The Balaban J connectivity index is 0.00000192. The number of aliphatic imine (C=N–C) groups is 1. The molecule has 0 saturated carbocycles. The SMILES string of the molecule is CN=C(NCc1nncn1C)NC1CCc2ccccc2C1.I. The van der Waals surface area contributed by atoms with E-state index in [1.807, 2.05) is 11.6 Å². The smallest absolute Gasteiger partial charge is 0.191 e. The lowest BCUT2D eigenvalue weighted by atomic mass is 9.88. The molecule has 1 unspecified atom stereocenters. The molecule has 23 heavy (non-hydrogen) atoms. The summed E-state index contributed by atoms with van der Waals surface area (Å²) in [5.74, 6) is 1.70. The van der Waals surface area contributed by atoms with Gasteiger partial charge in [0.05, 0.1) is 6.54 Å². The van der Waals surface area contributed by atoms with E-state index in [9.17, 15) is 0 Å². The molecule has 1 aliphatic rings. The van der Waals surface area contributed by atoms with Crippen LogP contribution in [-0.2, 0) is 26.4 Å². The second kappa shape index (κ2) is 8.28. The van der Waals surface area contributed by atoms with Crippen LogP contribution in [0.1, 0.15) is 23.4 Å². The predicted octanol–water partition coefficient (Wildman–Crippen LogP) is 1.66. The third-order valence-corrected chi connectivity index (χ3v) is 4.13. The van der Waals surface area contributed by atoms with Gasteiger partial charge in [-0.25, -0.2) is 0 Å². The Kier molecular flexibility index (Phi) is 6.37. The normalized spacial score (nSPS) is 17.1. The van der Waals surface area contributed by atoms with Gasteiger partial charge in [-0.3, -0.25) is 4.99 Å². The molecular formula is C16H23IN6. The predicted molar refractivity (Wildman–Crippen MR) is 102 cm³/mol. The first-order valence-corrected chi connectivity index (χ1v) is 7.63. The molecule has 0 spiro atoms. The second-order valence-electron chi connectivity index (χ2n) is 5.64. The van der Waals surface area contributed by atoms with Gasteiger partial charge in [0.15, 0.2) is 11.8 Å². The Bertz CT molecular complexity index is 666. The summed E-state index contributed by atoms with van der Waals surface area (Å²) >= 11 is 0. The summed E-state index contributed by atoms with van der Waals surface area (Å²) in [5.41, 5.74) is 2.91. The summed E-state index contributed by atoms with van der Waals surface area (Å²) in [6.07, 6.45) is 4.99. The number of rotatable bonds is 3. The summed E-state index contributed by atoms with van der Waals surface area (Å²) < 4.78 is 1.90. The number of halogens is 1. The van der Waals surface area contributed by atoms with E-state index in [1.54, 1.807) is 13.4 Å². The number of nitrogens with one attached hydrogen (secondary N) is 2. The number of guanidine groups is 1. The van der Waals surface area contributed by atoms with Gasteiger partial charge >= 0.3 is 0 Å². The third kappa shape index (κ3) is 4.43. The van der Waals surface area contributed by atoms with E-state index in [0.29, 0.717) is 12.6 Å². The average molecular weight is 426 g/mol.